The summed E-state index contributed by atoms with van der Waals surface area (Å²) in [5.74, 6) is 0. The van der Waals surface area contributed by atoms with Crippen molar-refractivity contribution in [3.63, 3.8) is 0 Å². The zero-order valence-corrected chi connectivity index (χ0v) is 11.3. The van der Waals surface area contributed by atoms with E-state index in [-0.39, 0.29) is 17.9 Å². The molecule has 0 aliphatic carbocycles. The molecule has 0 amide bonds. The zero-order chi connectivity index (χ0) is 13.3. The number of halogens is 1. The van der Waals surface area contributed by atoms with Gasteiger partial charge in [-0.25, -0.2) is 4.79 Å². The van der Waals surface area contributed by atoms with E-state index in [9.17, 15) is 9.59 Å². The van der Waals surface area contributed by atoms with Gasteiger partial charge in [-0.15, -0.1) is 0 Å². The Morgan fingerprint density at radius 3 is 2.72 bits per heavy atom. The van der Waals surface area contributed by atoms with Crippen LogP contribution >= 0.6 is 15.9 Å². The first-order valence-electron chi connectivity index (χ1n) is 5.29. The summed E-state index contributed by atoms with van der Waals surface area (Å²) in [5, 5.41) is 0. The van der Waals surface area contributed by atoms with E-state index in [0.29, 0.717) is 0 Å². The molecule has 0 spiro atoms. The molecule has 0 aliphatic heterocycles. The van der Waals surface area contributed by atoms with Crippen LogP contribution in [0.4, 0.5) is 5.69 Å². The minimum atomic E-state index is -0.460. The molecule has 0 radical (unpaired) electrons. The average Bonchev–Trinajstić information content (AvgIpc) is 2.32. The van der Waals surface area contributed by atoms with Crippen molar-refractivity contribution in [1.82, 2.24) is 9.13 Å². The second-order valence-electron chi connectivity index (χ2n) is 4.00. The van der Waals surface area contributed by atoms with Gasteiger partial charge in [-0.1, -0.05) is 28.1 Å². The monoisotopic (exact) mass is 309 g/mol. The summed E-state index contributed by atoms with van der Waals surface area (Å²) in [6.07, 6.45) is 1.34. The first-order valence-corrected chi connectivity index (χ1v) is 6.08. The predicted octanol–water partition coefficient (Wildman–Crippen LogP) is 0.940. The molecular weight excluding hydrogens is 298 g/mol. The maximum atomic E-state index is 11.9. The molecule has 0 saturated heterocycles. The fourth-order valence-electron chi connectivity index (χ4n) is 1.71. The quantitative estimate of drug-likeness (QED) is 0.897. The number of aryl methyl sites for hydroxylation is 1. The normalized spacial score (nSPS) is 10.6. The lowest BCUT2D eigenvalue weighted by Crippen LogP contribution is -2.39. The third-order valence-electron chi connectivity index (χ3n) is 2.59. The van der Waals surface area contributed by atoms with Crippen LogP contribution in [-0.2, 0) is 13.6 Å². The summed E-state index contributed by atoms with van der Waals surface area (Å²) in [5.41, 5.74) is 5.65. The maximum Gasteiger partial charge on any atom is 0.331 e. The molecule has 0 unspecified atom stereocenters. The van der Waals surface area contributed by atoms with Crippen molar-refractivity contribution < 1.29 is 0 Å². The summed E-state index contributed by atoms with van der Waals surface area (Å²) >= 11 is 3.35. The molecular formula is C12H12BrN3O2. The molecule has 0 saturated carbocycles. The average molecular weight is 310 g/mol. The van der Waals surface area contributed by atoms with E-state index in [1.807, 2.05) is 24.3 Å². The van der Waals surface area contributed by atoms with Crippen molar-refractivity contribution in [1.29, 1.82) is 0 Å². The molecule has 6 heteroatoms. The minimum Gasteiger partial charge on any atom is -0.393 e. The molecule has 0 aliphatic rings. The van der Waals surface area contributed by atoms with Gasteiger partial charge in [-0.05, 0) is 17.7 Å². The van der Waals surface area contributed by atoms with Gasteiger partial charge in [0.25, 0.3) is 5.56 Å². The number of nitrogens with two attached hydrogens (primary N) is 1. The Morgan fingerprint density at radius 2 is 2.06 bits per heavy atom. The molecule has 0 atom stereocenters. The van der Waals surface area contributed by atoms with E-state index in [4.69, 9.17) is 5.73 Å². The predicted molar refractivity (Wildman–Crippen MR) is 73.6 cm³/mol. The van der Waals surface area contributed by atoms with Crippen LogP contribution in [0.2, 0.25) is 0 Å². The Kier molecular flexibility index (Phi) is 3.38. The SMILES string of the molecule is Cn1cc(N)c(=O)n(Cc2cccc(Br)c2)c1=O. The van der Waals surface area contributed by atoms with E-state index in [1.165, 1.54) is 10.8 Å². The molecule has 1 aromatic carbocycles. The fraction of sp³-hybridized carbons (Fsp3) is 0.167. The zero-order valence-electron chi connectivity index (χ0n) is 9.76. The molecule has 2 rings (SSSR count). The summed E-state index contributed by atoms with van der Waals surface area (Å²) in [6, 6.07) is 7.43. The molecule has 2 N–H and O–H groups in total. The number of anilines is 1. The Bertz CT molecular complexity index is 669. The number of hydrogen-bond donors (Lipinski definition) is 1. The van der Waals surface area contributed by atoms with Gasteiger partial charge in [0.05, 0.1) is 6.54 Å². The van der Waals surface area contributed by atoms with Crippen molar-refractivity contribution in [3.8, 4) is 0 Å². The van der Waals surface area contributed by atoms with Crippen LogP contribution in [0.15, 0.2) is 44.5 Å². The summed E-state index contributed by atoms with van der Waals surface area (Å²) in [7, 11) is 1.57. The smallest absolute Gasteiger partial charge is 0.331 e. The molecule has 2 aromatic rings. The van der Waals surface area contributed by atoms with Crippen LogP contribution < -0.4 is 17.0 Å². The lowest BCUT2D eigenvalue weighted by atomic mass is 10.2. The van der Waals surface area contributed by atoms with Gasteiger partial charge in [0.2, 0.25) is 0 Å². The molecule has 18 heavy (non-hydrogen) atoms. The molecule has 5 nitrogen and oxygen atoms in total. The van der Waals surface area contributed by atoms with Crippen molar-refractivity contribution in [2.24, 2.45) is 7.05 Å². The van der Waals surface area contributed by atoms with Crippen LogP contribution in [-0.4, -0.2) is 9.13 Å². The highest BCUT2D eigenvalue weighted by Crippen LogP contribution is 2.11. The Morgan fingerprint density at radius 1 is 1.33 bits per heavy atom. The minimum absolute atomic E-state index is 0.0621. The van der Waals surface area contributed by atoms with Crippen molar-refractivity contribution >= 4 is 21.6 Å². The topological polar surface area (TPSA) is 70.0 Å². The molecule has 0 fully saturated rings. The van der Waals surface area contributed by atoms with Crippen molar-refractivity contribution in [3.05, 3.63) is 61.3 Å². The van der Waals surface area contributed by atoms with Gasteiger partial charge < -0.3 is 10.3 Å². The van der Waals surface area contributed by atoms with E-state index in [2.05, 4.69) is 15.9 Å². The summed E-state index contributed by atoms with van der Waals surface area (Å²) < 4.78 is 3.32. The first kappa shape index (κ1) is 12.6. The van der Waals surface area contributed by atoms with Crippen LogP contribution in [0.5, 0.6) is 0 Å². The first-order chi connectivity index (χ1) is 8.49. The van der Waals surface area contributed by atoms with E-state index in [1.54, 1.807) is 7.05 Å². The second kappa shape index (κ2) is 4.81. The van der Waals surface area contributed by atoms with Crippen LogP contribution in [0.1, 0.15) is 5.56 Å². The standard InChI is InChI=1S/C12H12BrN3O2/c1-15-7-10(14)11(17)16(12(15)18)6-8-3-2-4-9(13)5-8/h2-5,7H,6,14H2,1H3. The Hall–Kier alpha value is -1.82. The highest BCUT2D eigenvalue weighted by molar-refractivity contribution is 9.10. The number of benzene rings is 1. The lowest BCUT2D eigenvalue weighted by Gasteiger charge is -2.08. The molecule has 1 aromatic heterocycles. The molecule has 94 valence electrons. The van der Waals surface area contributed by atoms with Gasteiger partial charge >= 0.3 is 5.69 Å². The number of nitrogens with zero attached hydrogens (tertiary/aromatic N) is 2. The maximum absolute atomic E-state index is 11.9. The number of aromatic nitrogens is 2. The van der Waals surface area contributed by atoms with Crippen LogP contribution in [0, 0.1) is 0 Å². The third kappa shape index (κ3) is 2.38. The third-order valence-corrected chi connectivity index (χ3v) is 3.08. The number of rotatable bonds is 2. The van der Waals surface area contributed by atoms with E-state index >= 15 is 0 Å². The van der Waals surface area contributed by atoms with Crippen molar-refractivity contribution in [2.75, 3.05) is 5.73 Å². The van der Waals surface area contributed by atoms with Gasteiger partial charge in [0.15, 0.2) is 0 Å². The van der Waals surface area contributed by atoms with Gasteiger partial charge in [0, 0.05) is 17.7 Å². The Labute approximate surface area is 112 Å². The second-order valence-corrected chi connectivity index (χ2v) is 4.91. The van der Waals surface area contributed by atoms with Crippen molar-refractivity contribution in [2.45, 2.75) is 6.54 Å². The summed E-state index contributed by atoms with van der Waals surface area (Å²) in [6.45, 7) is 0.204. The Balaban J connectivity index is 2.53. The largest absolute Gasteiger partial charge is 0.393 e. The fourth-order valence-corrected chi connectivity index (χ4v) is 2.16. The molecule has 0 bridgehead atoms. The van der Waals surface area contributed by atoms with E-state index in [0.717, 1.165) is 14.6 Å². The van der Waals surface area contributed by atoms with Gasteiger partial charge in [0.1, 0.15) is 5.69 Å². The van der Waals surface area contributed by atoms with Crippen LogP contribution in [0.3, 0.4) is 0 Å². The highest BCUT2D eigenvalue weighted by Gasteiger charge is 2.08. The lowest BCUT2D eigenvalue weighted by molar-refractivity contribution is 0.643. The molecule has 1 heterocycles. The van der Waals surface area contributed by atoms with Gasteiger partial charge in [-0.2, -0.15) is 0 Å². The van der Waals surface area contributed by atoms with E-state index < -0.39 is 5.56 Å². The highest BCUT2D eigenvalue weighted by atomic mass is 79.9. The van der Waals surface area contributed by atoms with Gasteiger partial charge in [-0.3, -0.25) is 9.36 Å². The number of hydrogen-bond acceptors (Lipinski definition) is 3. The van der Waals surface area contributed by atoms with Crippen LogP contribution in [0.25, 0.3) is 0 Å². The summed E-state index contributed by atoms with van der Waals surface area (Å²) in [4.78, 5) is 23.7. The number of nitrogen functional groups attached to an aromatic ring is 1.